The number of aliphatic carboxylic acids is 1. The summed E-state index contributed by atoms with van der Waals surface area (Å²) in [5, 5.41) is 7.12. The van der Waals surface area contributed by atoms with E-state index in [1.165, 1.54) is 5.56 Å². The second kappa shape index (κ2) is 10.5. The fourth-order valence-corrected chi connectivity index (χ4v) is 4.06. The topological polar surface area (TPSA) is 70.1 Å². The molecule has 1 spiro atoms. The maximum atomic E-state index is 12.8. The van der Waals surface area contributed by atoms with Crippen molar-refractivity contribution in [3.8, 4) is 0 Å². The summed E-state index contributed by atoms with van der Waals surface area (Å²) in [6.07, 6.45) is -3.34. The number of hydrogen-bond donors (Lipinski definition) is 1. The Labute approximate surface area is 181 Å². The van der Waals surface area contributed by atoms with Gasteiger partial charge in [-0.25, -0.2) is 4.79 Å². The van der Waals surface area contributed by atoms with Crippen molar-refractivity contribution in [1.29, 1.82) is 0 Å². The number of amides is 1. The Morgan fingerprint density at radius 3 is 2.39 bits per heavy atom. The largest absolute Gasteiger partial charge is 0.490 e. The number of carboxylic acids is 1. The number of hydrogen-bond acceptors (Lipinski definition) is 4. The van der Waals surface area contributed by atoms with Crippen LogP contribution in [0, 0.1) is 5.41 Å². The van der Waals surface area contributed by atoms with Gasteiger partial charge in [0.05, 0.1) is 19.3 Å². The standard InChI is InChI=1S/C20H30N2O2.C2HF3O2/c1-4-16(2)21-10-11-24-15-20(13-21)12-19(23)22(14-20)17(3)18-8-6-5-7-9-18;3-2(4,5)1(6)7/h5-9,16-17H,4,10-15H2,1-3H3;(H,6,7). The Hall–Kier alpha value is -2.13. The van der Waals surface area contributed by atoms with Gasteiger partial charge >= 0.3 is 12.1 Å². The second-order valence-electron chi connectivity index (χ2n) is 8.37. The van der Waals surface area contributed by atoms with Gasteiger partial charge < -0.3 is 14.7 Å². The number of alkyl halides is 3. The third-order valence-electron chi connectivity index (χ3n) is 6.03. The van der Waals surface area contributed by atoms with Gasteiger partial charge in [-0.3, -0.25) is 9.69 Å². The highest BCUT2D eigenvalue weighted by Gasteiger charge is 2.47. The van der Waals surface area contributed by atoms with Crippen molar-refractivity contribution in [2.24, 2.45) is 5.41 Å². The zero-order valence-corrected chi connectivity index (χ0v) is 18.2. The van der Waals surface area contributed by atoms with Crippen LogP contribution < -0.4 is 0 Å². The van der Waals surface area contributed by atoms with Crippen molar-refractivity contribution in [2.45, 2.75) is 51.9 Å². The molecule has 0 radical (unpaired) electrons. The third-order valence-corrected chi connectivity index (χ3v) is 6.03. The molecule has 6 nitrogen and oxygen atoms in total. The molecule has 2 heterocycles. The molecule has 0 aromatic heterocycles. The predicted molar refractivity (Wildman–Crippen MR) is 109 cm³/mol. The Balaban J connectivity index is 0.000000423. The minimum Gasteiger partial charge on any atom is -0.475 e. The molecule has 2 saturated heterocycles. The van der Waals surface area contributed by atoms with Crippen LogP contribution in [-0.4, -0.2) is 71.8 Å². The lowest BCUT2D eigenvalue weighted by Gasteiger charge is -2.35. The molecule has 0 saturated carbocycles. The van der Waals surface area contributed by atoms with Crippen LogP contribution in [0.5, 0.6) is 0 Å². The fourth-order valence-electron chi connectivity index (χ4n) is 4.06. The summed E-state index contributed by atoms with van der Waals surface area (Å²) in [5.74, 6) is -2.49. The third kappa shape index (κ3) is 6.67. The van der Waals surface area contributed by atoms with E-state index in [2.05, 4.69) is 42.7 Å². The first-order valence-electron chi connectivity index (χ1n) is 10.5. The van der Waals surface area contributed by atoms with Crippen LogP contribution in [0.4, 0.5) is 13.2 Å². The molecule has 3 rings (SSSR count). The number of benzene rings is 1. The number of rotatable bonds is 4. The first-order chi connectivity index (χ1) is 14.5. The number of nitrogens with zero attached hydrogens (tertiary/aromatic N) is 2. The fraction of sp³-hybridized carbons (Fsp3) is 0.636. The van der Waals surface area contributed by atoms with Gasteiger partial charge in [0, 0.05) is 37.5 Å². The van der Waals surface area contributed by atoms with Crippen molar-refractivity contribution < 1.29 is 32.6 Å². The van der Waals surface area contributed by atoms with E-state index in [0.717, 1.165) is 32.7 Å². The van der Waals surface area contributed by atoms with Gasteiger partial charge in [-0.15, -0.1) is 0 Å². The van der Waals surface area contributed by atoms with Crippen LogP contribution >= 0.6 is 0 Å². The van der Waals surface area contributed by atoms with Crippen LogP contribution in [-0.2, 0) is 14.3 Å². The summed E-state index contributed by atoms with van der Waals surface area (Å²) >= 11 is 0. The molecule has 1 N–H and O–H groups in total. The summed E-state index contributed by atoms with van der Waals surface area (Å²) < 4.78 is 37.7. The lowest BCUT2D eigenvalue weighted by Crippen LogP contribution is -2.44. The molecule has 3 atom stereocenters. The van der Waals surface area contributed by atoms with Crippen molar-refractivity contribution >= 4 is 11.9 Å². The monoisotopic (exact) mass is 444 g/mol. The van der Waals surface area contributed by atoms with E-state index in [-0.39, 0.29) is 17.4 Å². The van der Waals surface area contributed by atoms with Gasteiger partial charge in [-0.05, 0) is 25.8 Å². The van der Waals surface area contributed by atoms with Crippen molar-refractivity contribution in [2.75, 3.05) is 32.8 Å². The van der Waals surface area contributed by atoms with Crippen LogP contribution in [0.1, 0.15) is 45.2 Å². The molecule has 174 valence electrons. The zero-order valence-electron chi connectivity index (χ0n) is 18.2. The molecule has 31 heavy (non-hydrogen) atoms. The average Bonchev–Trinajstić information content (AvgIpc) is 2.91. The predicted octanol–water partition coefficient (Wildman–Crippen LogP) is 3.73. The summed E-state index contributed by atoms with van der Waals surface area (Å²) in [6.45, 7) is 10.8. The second-order valence-corrected chi connectivity index (χ2v) is 8.37. The first-order valence-corrected chi connectivity index (χ1v) is 10.5. The van der Waals surface area contributed by atoms with E-state index in [1.807, 2.05) is 18.2 Å². The molecule has 2 aliphatic rings. The van der Waals surface area contributed by atoms with Gasteiger partial charge in [0.25, 0.3) is 0 Å². The molecular formula is C22H31F3N2O4. The van der Waals surface area contributed by atoms with Crippen molar-refractivity contribution in [3.05, 3.63) is 35.9 Å². The molecule has 2 aliphatic heterocycles. The van der Waals surface area contributed by atoms with E-state index in [1.54, 1.807) is 0 Å². The van der Waals surface area contributed by atoms with Crippen LogP contribution in [0.15, 0.2) is 30.3 Å². The highest BCUT2D eigenvalue weighted by Crippen LogP contribution is 2.38. The van der Waals surface area contributed by atoms with Gasteiger partial charge in [0.2, 0.25) is 5.91 Å². The number of carboxylic acid groups (broad SMARTS) is 1. The smallest absolute Gasteiger partial charge is 0.475 e. The average molecular weight is 444 g/mol. The SMILES string of the molecule is CCC(C)N1CCOCC2(CC(=O)N(C(C)c3ccccc3)C2)C1.O=C(O)C(F)(F)F. The molecule has 0 bridgehead atoms. The zero-order chi connectivity index (χ0) is 23.2. The van der Waals surface area contributed by atoms with E-state index in [9.17, 15) is 18.0 Å². The van der Waals surface area contributed by atoms with Crippen molar-refractivity contribution in [3.63, 3.8) is 0 Å². The molecule has 1 aromatic rings. The molecular weight excluding hydrogens is 413 g/mol. The Kier molecular flexibility index (Phi) is 8.48. The molecule has 1 aromatic carbocycles. The number of ether oxygens (including phenoxy) is 1. The maximum Gasteiger partial charge on any atom is 0.490 e. The number of likely N-dealkylation sites (tertiary alicyclic amines) is 1. The van der Waals surface area contributed by atoms with Crippen molar-refractivity contribution in [1.82, 2.24) is 9.80 Å². The minimum absolute atomic E-state index is 0.0555. The van der Waals surface area contributed by atoms with E-state index < -0.39 is 12.1 Å². The highest BCUT2D eigenvalue weighted by atomic mass is 19.4. The molecule has 1 amide bonds. The first kappa shape index (κ1) is 25.1. The van der Waals surface area contributed by atoms with Gasteiger partial charge in [0.15, 0.2) is 0 Å². The van der Waals surface area contributed by atoms with E-state index in [0.29, 0.717) is 19.1 Å². The molecule has 2 fully saturated rings. The number of halogens is 3. The van der Waals surface area contributed by atoms with Gasteiger partial charge in [-0.2, -0.15) is 13.2 Å². The van der Waals surface area contributed by atoms with Gasteiger partial charge in [0.1, 0.15) is 0 Å². The van der Waals surface area contributed by atoms with Crippen LogP contribution in [0.2, 0.25) is 0 Å². The number of carbonyl (C=O) groups is 2. The highest BCUT2D eigenvalue weighted by molar-refractivity contribution is 5.80. The lowest BCUT2D eigenvalue weighted by atomic mass is 9.87. The summed E-state index contributed by atoms with van der Waals surface area (Å²) in [6, 6.07) is 11.0. The summed E-state index contributed by atoms with van der Waals surface area (Å²) in [5.41, 5.74) is 1.15. The Morgan fingerprint density at radius 1 is 1.23 bits per heavy atom. The summed E-state index contributed by atoms with van der Waals surface area (Å²) in [4.78, 5) is 26.2. The molecule has 3 unspecified atom stereocenters. The maximum absolute atomic E-state index is 12.8. The molecule has 0 aliphatic carbocycles. The van der Waals surface area contributed by atoms with Gasteiger partial charge in [-0.1, -0.05) is 37.3 Å². The van der Waals surface area contributed by atoms with E-state index in [4.69, 9.17) is 14.6 Å². The quantitative estimate of drug-likeness (QED) is 0.767. The normalized spacial score (nSPS) is 24.3. The number of carbonyl (C=O) groups excluding carboxylic acids is 1. The Morgan fingerprint density at radius 2 is 1.84 bits per heavy atom. The molecule has 9 heteroatoms. The Bertz CT molecular complexity index is 744. The van der Waals surface area contributed by atoms with Crippen LogP contribution in [0.3, 0.4) is 0 Å². The van der Waals surface area contributed by atoms with E-state index >= 15 is 0 Å². The lowest BCUT2D eigenvalue weighted by molar-refractivity contribution is -0.192. The summed E-state index contributed by atoms with van der Waals surface area (Å²) in [7, 11) is 0. The van der Waals surface area contributed by atoms with Crippen LogP contribution in [0.25, 0.3) is 0 Å². The minimum atomic E-state index is -5.08.